The fourth-order valence-corrected chi connectivity index (χ4v) is 0.623. The van der Waals surface area contributed by atoms with Gasteiger partial charge in [-0.3, -0.25) is 4.79 Å². The molecule has 0 aromatic heterocycles. The largest absolute Gasteiger partial charge is 0.481 e. The van der Waals surface area contributed by atoms with Crippen molar-refractivity contribution in [2.24, 2.45) is 5.92 Å². The molecule has 1 N–H and O–H groups in total. The first-order valence-corrected chi connectivity index (χ1v) is 3.01. The average molecular weight is 166 g/mol. The third kappa shape index (κ3) is 4.41. The highest BCUT2D eigenvalue weighted by molar-refractivity contribution is 5.67. The minimum absolute atomic E-state index is 0.305. The lowest BCUT2D eigenvalue weighted by atomic mass is 10.0. The van der Waals surface area contributed by atoms with Crippen LogP contribution in [0.1, 0.15) is 12.8 Å². The first-order valence-electron chi connectivity index (χ1n) is 3.01. The zero-order valence-corrected chi connectivity index (χ0v) is 5.67. The van der Waals surface area contributed by atoms with Crippen molar-refractivity contribution >= 4 is 12.3 Å². The second-order valence-corrected chi connectivity index (χ2v) is 2.09. The highest BCUT2D eigenvalue weighted by Crippen LogP contribution is 2.16. The molecule has 1 atom stereocenters. The minimum atomic E-state index is -2.74. The van der Waals surface area contributed by atoms with Crippen LogP contribution in [-0.4, -0.2) is 23.8 Å². The molecule has 0 radical (unpaired) electrons. The summed E-state index contributed by atoms with van der Waals surface area (Å²) in [4.78, 5) is 19.7. The molecule has 0 saturated heterocycles. The molecule has 0 bridgehead atoms. The van der Waals surface area contributed by atoms with Crippen molar-refractivity contribution in [1.29, 1.82) is 0 Å². The Morgan fingerprint density at radius 2 is 2.09 bits per heavy atom. The standard InChI is InChI=1S/C6H8F2O3/c7-6(8)4(1-2-9)3-5(10)11/h2,4,6H,1,3H2,(H,10,11). The van der Waals surface area contributed by atoms with E-state index in [0.29, 0.717) is 6.29 Å². The molecule has 0 fully saturated rings. The lowest BCUT2D eigenvalue weighted by Crippen LogP contribution is -2.16. The van der Waals surface area contributed by atoms with Crippen molar-refractivity contribution in [1.82, 2.24) is 0 Å². The zero-order valence-electron chi connectivity index (χ0n) is 5.67. The van der Waals surface area contributed by atoms with Crippen LogP contribution in [0.25, 0.3) is 0 Å². The molecule has 0 aromatic carbocycles. The van der Waals surface area contributed by atoms with E-state index in [4.69, 9.17) is 5.11 Å². The molecular formula is C6H8F2O3. The molecule has 0 heterocycles. The quantitative estimate of drug-likeness (QED) is 0.618. The predicted octanol–water partition coefficient (Wildman–Crippen LogP) is 0.931. The number of hydrogen-bond acceptors (Lipinski definition) is 2. The summed E-state index contributed by atoms with van der Waals surface area (Å²) in [6, 6.07) is 0. The van der Waals surface area contributed by atoms with Gasteiger partial charge in [0.2, 0.25) is 6.43 Å². The first kappa shape index (κ1) is 10.0. The van der Waals surface area contributed by atoms with E-state index < -0.39 is 31.2 Å². The normalized spacial score (nSPS) is 13.0. The molecule has 0 spiro atoms. The number of carboxylic acid groups (broad SMARTS) is 1. The summed E-state index contributed by atoms with van der Waals surface area (Å²) in [6.07, 6.45) is -3.49. The summed E-state index contributed by atoms with van der Waals surface area (Å²) < 4.78 is 23.6. The molecule has 0 aromatic rings. The SMILES string of the molecule is O=CCC(CC(=O)O)C(F)F. The minimum Gasteiger partial charge on any atom is -0.481 e. The summed E-state index contributed by atoms with van der Waals surface area (Å²) >= 11 is 0. The molecule has 3 nitrogen and oxygen atoms in total. The molecule has 64 valence electrons. The molecule has 0 aliphatic carbocycles. The number of aldehydes is 1. The van der Waals surface area contributed by atoms with Crippen LogP contribution in [0, 0.1) is 5.92 Å². The molecule has 0 aliphatic heterocycles. The highest BCUT2D eigenvalue weighted by atomic mass is 19.3. The van der Waals surface area contributed by atoms with Gasteiger partial charge < -0.3 is 9.90 Å². The Labute approximate surface area is 62.0 Å². The van der Waals surface area contributed by atoms with E-state index in [1.165, 1.54) is 0 Å². The Morgan fingerprint density at radius 1 is 1.55 bits per heavy atom. The van der Waals surface area contributed by atoms with Gasteiger partial charge in [-0.25, -0.2) is 8.78 Å². The van der Waals surface area contributed by atoms with E-state index in [9.17, 15) is 18.4 Å². The number of hydrogen-bond donors (Lipinski definition) is 1. The van der Waals surface area contributed by atoms with E-state index >= 15 is 0 Å². The van der Waals surface area contributed by atoms with E-state index in [-0.39, 0.29) is 0 Å². The fourth-order valence-electron chi connectivity index (χ4n) is 0.623. The van der Waals surface area contributed by atoms with E-state index in [0.717, 1.165) is 0 Å². The van der Waals surface area contributed by atoms with Gasteiger partial charge in [-0.05, 0) is 0 Å². The predicted molar refractivity (Wildman–Crippen MR) is 32.4 cm³/mol. The third-order valence-electron chi connectivity index (χ3n) is 1.19. The molecule has 0 aliphatic rings. The van der Waals surface area contributed by atoms with E-state index in [1.54, 1.807) is 0 Å². The Hall–Kier alpha value is -1.00. The zero-order chi connectivity index (χ0) is 8.85. The first-order chi connectivity index (χ1) is 5.07. The molecular weight excluding hydrogens is 158 g/mol. The van der Waals surface area contributed by atoms with Gasteiger partial charge in [0.1, 0.15) is 6.29 Å². The van der Waals surface area contributed by atoms with Crippen LogP contribution in [0.15, 0.2) is 0 Å². The summed E-state index contributed by atoms with van der Waals surface area (Å²) in [5.74, 6) is -2.65. The van der Waals surface area contributed by atoms with Crippen LogP contribution in [0.2, 0.25) is 0 Å². The number of alkyl halides is 2. The molecule has 0 saturated carbocycles. The molecule has 0 rings (SSSR count). The number of rotatable bonds is 5. The maximum atomic E-state index is 11.8. The summed E-state index contributed by atoms with van der Waals surface area (Å²) in [7, 11) is 0. The van der Waals surface area contributed by atoms with Crippen LogP contribution in [0.4, 0.5) is 8.78 Å². The fraction of sp³-hybridized carbons (Fsp3) is 0.667. The third-order valence-corrected chi connectivity index (χ3v) is 1.19. The number of carboxylic acids is 1. The van der Waals surface area contributed by atoms with Crippen molar-refractivity contribution in [3.05, 3.63) is 0 Å². The molecule has 5 heteroatoms. The number of carbonyl (C=O) groups is 2. The van der Waals surface area contributed by atoms with Crippen molar-refractivity contribution in [2.75, 3.05) is 0 Å². The highest BCUT2D eigenvalue weighted by Gasteiger charge is 2.22. The second kappa shape index (κ2) is 4.76. The van der Waals surface area contributed by atoms with Gasteiger partial charge in [0, 0.05) is 12.3 Å². The number of halogens is 2. The van der Waals surface area contributed by atoms with Crippen LogP contribution < -0.4 is 0 Å². The van der Waals surface area contributed by atoms with Gasteiger partial charge in [0.25, 0.3) is 0 Å². The van der Waals surface area contributed by atoms with Gasteiger partial charge in [-0.2, -0.15) is 0 Å². The summed E-state index contributed by atoms with van der Waals surface area (Å²) in [6.45, 7) is 0. The Balaban J connectivity index is 3.88. The van der Waals surface area contributed by atoms with Crippen LogP contribution in [0.3, 0.4) is 0 Å². The van der Waals surface area contributed by atoms with Gasteiger partial charge in [-0.15, -0.1) is 0 Å². The summed E-state index contributed by atoms with van der Waals surface area (Å²) in [5.41, 5.74) is 0. The van der Waals surface area contributed by atoms with Gasteiger partial charge in [-0.1, -0.05) is 0 Å². The Morgan fingerprint density at radius 3 is 2.36 bits per heavy atom. The molecule has 1 unspecified atom stereocenters. The lowest BCUT2D eigenvalue weighted by Gasteiger charge is -2.08. The van der Waals surface area contributed by atoms with Crippen molar-refractivity contribution < 1.29 is 23.5 Å². The smallest absolute Gasteiger partial charge is 0.303 e. The Kier molecular flexibility index (Phi) is 4.33. The average Bonchev–Trinajstić information content (AvgIpc) is 1.86. The van der Waals surface area contributed by atoms with Crippen LogP contribution >= 0.6 is 0 Å². The topological polar surface area (TPSA) is 54.4 Å². The lowest BCUT2D eigenvalue weighted by molar-refractivity contribution is -0.139. The van der Waals surface area contributed by atoms with E-state index in [1.807, 2.05) is 0 Å². The van der Waals surface area contributed by atoms with Crippen molar-refractivity contribution in [3.63, 3.8) is 0 Å². The second-order valence-electron chi connectivity index (χ2n) is 2.09. The molecule has 11 heavy (non-hydrogen) atoms. The summed E-state index contributed by atoms with van der Waals surface area (Å²) in [5, 5.41) is 8.11. The number of aliphatic carboxylic acids is 1. The van der Waals surface area contributed by atoms with Gasteiger partial charge >= 0.3 is 5.97 Å². The Bertz CT molecular complexity index is 147. The maximum absolute atomic E-state index is 11.8. The van der Waals surface area contributed by atoms with Crippen molar-refractivity contribution in [2.45, 2.75) is 19.3 Å². The number of carbonyl (C=O) groups excluding carboxylic acids is 1. The van der Waals surface area contributed by atoms with Gasteiger partial charge in [0.15, 0.2) is 0 Å². The van der Waals surface area contributed by atoms with Crippen LogP contribution in [-0.2, 0) is 9.59 Å². The maximum Gasteiger partial charge on any atom is 0.303 e. The molecule has 0 amide bonds. The van der Waals surface area contributed by atoms with Crippen molar-refractivity contribution in [3.8, 4) is 0 Å². The monoisotopic (exact) mass is 166 g/mol. The van der Waals surface area contributed by atoms with Crippen LogP contribution in [0.5, 0.6) is 0 Å². The van der Waals surface area contributed by atoms with Gasteiger partial charge in [0.05, 0.1) is 6.42 Å². The van der Waals surface area contributed by atoms with E-state index in [2.05, 4.69) is 0 Å².